The van der Waals surface area contributed by atoms with E-state index in [1.54, 1.807) is 6.07 Å². The zero-order valence-corrected chi connectivity index (χ0v) is 11.4. The maximum Gasteiger partial charge on any atom is 0.387 e. The number of rotatable bonds is 6. The molecule has 2 nitrogen and oxygen atoms in total. The lowest BCUT2D eigenvalue weighted by molar-refractivity contribution is -0.0499. The SMILES string of the molecule is CC(=Cc1cc(Cl)ccc1OC(F)F)CNC1CC1. The summed E-state index contributed by atoms with van der Waals surface area (Å²) in [5, 5.41) is 3.86. The lowest BCUT2D eigenvalue weighted by Gasteiger charge is -2.10. The summed E-state index contributed by atoms with van der Waals surface area (Å²) >= 11 is 5.89. The second kappa shape index (κ2) is 6.35. The molecule has 104 valence electrons. The van der Waals surface area contributed by atoms with Crippen molar-refractivity contribution < 1.29 is 13.5 Å². The molecule has 0 atom stereocenters. The Hall–Kier alpha value is -1.13. The first-order chi connectivity index (χ1) is 9.04. The van der Waals surface area contributed by atoms with Crippen molar-refractivity contribution in [2.75, 3.05) is 6.54 Å². The third-order valence-corrected chi connectivity index (χ3v) is 3.07. The first-order valence-corrected chi connectivity index (χ1v) is 6.57. The Balaban J connectivity index is 2.10. The summed E-state index contributed by atoms with van der Waals surface area (Å²) in [7, 11) is 0. The van der Waals surface area contributed by atoms with Gasteiger partial charge in [-0.3, -0.25) is 0 Å². The first-order valence-electron chi connectivity index (χ1n) is 6.19. The maximum atomic E-state index is 12.3. The molecule has 1 fully saturated rings. The molecule has 1 saturated carbocycles. The molecule has 0 radical (unpaired) electrons. The fourth-order valence-corrected chi connectivity index (χ4v) is 1.93. The predicted octanol–water partition coefficient (Wildman–Crippen LogP) is 4.10. The molecular weight excluding hydrogens is 272 g/mol. The van der Waals surface area contributed by atoms with E-state index >= 15 is 0 Å². The van der Waals surface area contributed by atoms with Gasteiger partial charge < -0.3 is 10.1 Å². The molecule has 1 N–H and O–H groups in total. The monoisotopic (exact) mass is 287 g/mol. The van der Waals surface area contributed by atoms with Crippen molar-refractivity contribution in [3.63, 3.8) is 0 Å². The van der Waals surface area contributed by atoms with Gasteiger partial charge in [-0.2, -0.15) is 8.78 Å². The number of nitrogens with one attached hydrogen (secondary N) is 1. The highest BCUT2D eigenvalue weighted by Crippen LogP contribution is 2.27. The van der Waals surface area contributed by atoms with Gasteiger partial charge in [0.1, 0.15) is 5.75 Å². The molecular formula is C14H16ClF2NO. The van der Waals surface area contributed by atoms with E-state index < -0.39 is 6.61 Å². The van der Waals surface area contributed by atoms with Gasteiger partial charge in [0.25, 0.3) is 0 Å². The highest BCUT2D eigenvalue weighted by Gasteiger charge is 2.19. The highest BCUT2D eigenvalue weighted by molar-refractivity contribution is 6.30. The van der Waals surface area contributed by atoms with E-state index in [9.17, 15) is 8.78 Å². The number of alkyl halides is 2. The molecule has 0 amide bonds. The number of hydrogen-bond donors (Lipinski definition) is 1. The Kier molecular flexibility index (Phi) is 4.77. The molecule has 1 aliphatic rings. The molecule has 0 aromatic heterocycles. The average molecular weight is 288 g/mol. The van der Waals surface area contributed by atoms with Crippen LogP contribution in [0.5, 0.6) is 5.75 Å². The van der Waals surface area contributed by atoms with E-state index in [4.69, 9.17) is 11.6 Å². The largest absolute Gasteiger partial charge is 0.434 e. The van der Waals surface area contributed by atoms with E-state index in [1.807, 2.05) is 13.0 Å². The van der Waals surface area contributed by atoms with Crippen LogP contribution in [0, 0.1) is 0 Å². The molecule has 1 aliphatic carbocycles. The van der Waals surface area contributed by atoms with Gasteiger partial charge in [-0.15, -0.1) is 0 Å². The van der Waals surface area contributed by atoms with Gasteiger partial charge in [-0.1, -0.05) is 23.3 Å². The van der Waals surface area contributed by atoms with Crippen LogP contribution in [0.3, 0.4) is 0 Å². The van der Waals surface area contributed by atoms with Gasteiger partial charge in [0, 0.05) is 23.2 Å². The Morgan fingerprint density at radius 3 is 2.89 bits per heavy atom. The predicted molar refractivity (Wildman–Crippen MR) is 72.8 cm³/mol. The lowest BCUT2D eigenvalue weighted by Crippen LogP contribution is -2.18. The van der Waals surface area contributed by atoms with Crippen molar-refractivity contribution in [2.45, 2.75) is 32.4 Å². The van der Waals surface area contributed by atoms with Gasteiger partial charge in [0.15, 0.2) is 0 Å². The molecule has 1 aromatic carbocycles. The fourth-order valence-electron chi connectivity index (χ4n) is 1.74. The first kappa shape index (κ1) is 14.3. The summed E-state index contributed by atoms with van der Waals surface area (Å²) < 4.78 is 29.1. The standard InChI is InChI=1S/C14H16ClF2NO/c1-9(8-18-12-3-4-12)6-10-7-11(15)2-5-13(10)19-14(16)17/h2,5-7,12,14,18H,3-4,8H2,1H3. The quantitative estimate of drug-likeness (QED) is 0.850. The van der Waals surface area contributed by atoms with E-state index in [0.29, 0.717) is 16.6 Å². The van der Waals surface area contributed by atoms with Crippen molar-refractivity contribution in [3.8, 4) is 5.75 Å². The van der Waals surface area contributed by atoms with Crippen molar-refractivity contribution in [1.82, 2.24) is 5.32 Å². The van der Waals surface area contributed by atoms with Crippen molar-refractivity contribution in [3.05, 3.63) is 34.4 Å². The topological polar surface area (TPSA) is 21.3 Å². The molecule has 0 unspecified atom stereocenters. The van der Waals surface area contributed by atoms with E-state index in [2.05, 4.69) is 10.1 Å². The van der Waals surface area contributed by atoms with Gasteiger partial charge in [-0.25, -0.2) is 0 Å². The summed E-state index contributed by atoms with van der Waals surface area (Å²) in [4.78, 5) is 0. The van der Waals surface area contributed by atoms with Crippen LogP contribution >= 0.6 is 11.6 Å². The van der Waals surface area contributed by atoms with Crippen molar-refractivity contribution in [1.29, 1.82) is 0 Å². The number of halogens is 3. The third kappa shape index (κ3) is 4.80. The minimum Gasteiger partial charge on any atom is -0.434 e. The molecule has 0 spiro atoms. The van der Waals surface area contributed by atoms with Crippen LogP contribution in [-0.4, -0.2) is 19.2 Å². The molecule has 0 aliphatic heterocycles. The summed E-state index contributed by atoms with van der Waals surface area (Å²) in [5.41, 5.74) is 1.62. The van der Waals surface area contributed by atoms with Crippen LogP contribution in [-0.2, 0) is 0 Å². The van der Waals surface area contributed by atoms with Crippen LogP contribution in [0.4, 0.5) is 8.78 Å². The second-order valence-corrected chi connectivity index (χ2v) is 5.14. The Morgan fingerprint density at radius 2 is 2.26 bits per heavy atom. The lowest BCUT2D eigenvalue weighted by atomic mass is 10.1. The summed E-state index contributed by atoms with van der Waals surface area (Å²) in [6.07, 6.45) is 4.24. The highest BCUT2D eigenvalue weighted by atomic mass is 35.5. The smallest absolute Gasteiger partial charge is 0.387 e. The fraction of sp³-hybridized carbons (Fsp3) is 0.429. The second-order valence-electron chi connectivity index (χ2n) is 4.71. The average Bonchev–Trinajstić information content (AvgIpc) is 3.13. The number of benzene rings is 1. The number of hydrogen-bond acceptors (Lipinski definition) is 2. The van der Waals surface area contributed by atoms with Crippen LogP contribution in [0.2, 0.25) is 5.02 Å². The van der Waals surface area contributed by atoms with Crippen LogP contribution in [0.1, 0.15) is 25.3 Å². The molecule has 19 heavy (non-hydrogen) atoms. The third-order valence-electron chi connectivity index (χ3n) is 2.84. The van der Waals surface area contributed by atoms with Gasteiger partial charge in [-0.05, 0) is 38.0 Å². The normalized spacial score (nSPS) is 15.9. The van der Waals surface area contributed by atoms with Crippen molar-refractivity contribution >= 4 is 17.7 Å². The van der Waals surface area contributed by atoms with Crippen molar-refractivity contribution in [2.24, 2.45) is 0 Å². The minimum atomic E-state index is -2.83. The molecule has 0 bridgehead atoms. The van der Waals surface area contributed by atoms with Gasteiger partial charge in [0.2, 0.25) is 0 Å². The van der Waals surface area contributed by atoms with Crippen LogP contribution in [0.25, 0.3) is 6.08 Å². The minimum absolute atomic E-state index is 0.144. The summed E-state index contributed by atoms with van der Waals surface area (Å²) in [5.74, 6) is 0.144. The van der Waals surface area contributed by atoms with Crippen LogP contribution in [0.15, 0.2) is 23.8 Å². The Morgan fingerprint density at radius 1 is 1.53 bits per heavy atom. The molecule has 0 heterocycles. The Bertz CT molecular complexity index is 473. The van der Waals surface area contributed by atoms with Gasteiger partial charge in [0.05, 0.1) is 0 Å². The summed E-state index contributed by atoms with van der Waals surface area (Å²) in [6.45, 7) is -0.147. The van der Waals surface area contributed by atoms with E-state index in [-0.39, 0.29) is 5.75 Å². The zero-order chi connectivity index (χ0) is 13.8. The molecule has 5 heteroatoms. The summed E-state index contributed by atoms with van der Waals surface area (Å²) in [6, 6.07) is 5.23. The molecule has 0 saturated heterocycles. The van der Waals surface area contributed by atoms with Crippen LogP contribution < -0.4 is 10.1 Å². The number of ether oxygens (including phenoxy) is 1. The Labute approximate surface area is 116 Å². The van der Waals surface area contributed by atoms with E-state index in [1.165, 1.54) is 25.0 Å². The maximum absolute atomic E-state index is 12.3. The zero-order valence-electron chi connectivity index (χ0n) is 10.6. The molecule has 2 rings (SSSR count). The molecule has 1 aromatic rings. The van der Waals surface area contributed by atoms with Gasteiger partial charge >= 0.3 is 6.61 Å². The van der Waals surface area contributed by atoms with E-state index in [0.717, 1.165) is 12.1 Å².